The zero-order valence-corrected chi connectivity index (χ0v) is 19.2. The molecule has 0 atom stereocenters. The van der Waals surface area contributed by atoms with E-state index in [1.54, 1.807) is 24.3 Å². The van der Waals surface area contributed by atoms with E-state index >= 15 is 0 Å². The maximum atomic E-state index is 12.0. The maximum absolute atomic E-state index is 12.0. The van der Waals surface area contributed by atoms with E-state index in [4.69, 9.17) is 0 Å². The fraction of sp³-hybridized carbons (Fsp3) is 0.100. The average molecular weight is 483 g/mol. The Kier molecular flexibility index (Phi) is 6.66. The minimum Gasteiger partial charge on any atom is -0.282 e. The number of hydrogen-bond acceptors (Lipinski definition) is 6. The highest BCUT2D eigenvalue weighted by Gasteiger charge is 2.25. The molecule has 158 valence electrons. The normalized spacial score (nSPS) is 12.1. The first-order valence-electron chi connectivity index (χ1n) is 8.55. The molecule has 10 heteroatoms. The first-order valence-corrected chi connectivity index (χ1v) is 13.1. The van der Waals surface area contributed by atoms with Crippen molar-refractivity contribution in [2.75, 3.05) is 0 Å². The molecule has 3 rings (SSSR count). The average Bonchev–Trinajstić information content (AvgIpc) is 2.64. The third kappa shape index (κ3) is 5.65. The summed E-state index contributed by atoms with van der Waals surface area (Å²) in [5.74, 6) is 0. The van der Waals surface area contributed by atoms with E-state index in [2.05, 4.69) is 0 Å². The molecule has 30 heavy (non-hydrogen) atoms. The van der Waals surface area contributed by atoms with E-state index in [-0.39, 0.29) is 9.79 Å². The largest absolute Gasteiger partial charge is 0.295 e. The molecule has 0 saturated carbocycles. The monoisotopic (exact) mass is 482 g/mol. The summed E-state index contributed by atoms with van der Waals surface area (Å²) in [6, 6.07) is 16.4. The van der Waals surface area contributed by atoms with Crippen LogP contribution in [0.25, 0.3) is 0 Å². The van der Waals surface area contributed by atoms with Crippen molar-refractivity contribution in [3.8, 4) is 0 Å². The minimum absolute atomic E-state index is 0.0118. The highest BCUT2D eigenvalue weighted by atomic mass is 32.2. The summed E-state index contributed by atoms with van der Waals surface area (Å²) in [6.07, 6.45) is 0. The molecule has 0 aliphatic heterocycles. The minimum atomic E-state index is -4.66. The lowest BCUT2D eigenvalue weighted by molar-refractivity contribution is 0.474. The molecule has 2 N–H and O–H groups in total. The summed E-state index contributed by atoms with van der Waals surface area (Å²) in [5, 5.41) is 0. The van der Waals surface area contributed by atoms with Gasteiger partial charge in [-0.15, -0.1) is 0 Å². The fourth-order valence-electron chi connectivity index (χ4n) is 2.55. The van der Waals surface area contributed by atoms with Gasteiger partial charge in [0.2, 0.25) is 0 Å². The zero-order valence-electron chi connectivity index (χ0n) is 15.9. The van der Waals surface area contributed by atoms with Crippen LogP contribution in [0.1, 0.15) is 11.1 Å². The van der Waals surface area contributed by atoms with Crippen LogP contribution < -0.4 is 0 Å². The quantitative estimate of drug-likeness (QED) is 0.467. The summed E-state index contributed by atoms with van der Waals surface area (Å²) in [6.45, 7) is 3.79. The van der Waals surface area contributed by atoms with E-state index in [0.717, 1.165) is 46.8 Å². The van der Waals surface area contributed by atoms with Crippen LogP contribution in [0.5, 0.6) is 0 Å². The number of benzene rings is 3. The van der Waals surface area contributed by atoms with Crippen LogP contribution in [0.3, 0.4) is 0 Å². The lowest BCUT2D eigenvalue weighted by Crippen LogP contribution is -2.06. The molecule has 0 radical (unpaired) electrons. The first-order chi connectivity index (χ1) is 13.9. The lowest BCUT2D eigenvalue weighted by Gasteiger charge is -2.13. The van der Waals surface area contributed by atoms with Crippen LogP contribution >= 0.6 is 23.5 Å². The molecule has 3 aromatic rings. The van der Waals surface area contributed by atoms with E-state index in [0.29, 0.717) is 9.79 Å². The Morgan fingerprint density at radius 1 is 0.600 bits per heavy atom. The van der Waals surface area contributed by atoms with Gasteiger partial charge in [-0.25, -0.2) is 0 Å². The van der Waals surface area contributed by atoms with Gasteiger partial charge in [-0.2, -0.15) is 16.8 Å². The van der Waals surface area contributed by atoms with Crippen LogP contribution in [-0.4, -0.2) is 25.9 Å². The van der Waals surface area contributed by atoms with Crippen molar-refractivity contribution in [2.24, 2.45) is 0 Å². The molecule has 3 aromatic carbocycles. The molecular weight excluding hydrogens is 464 g/mol. The second kappa shape index (κ2) is 8.74. The van der Waals surface area contributed by atoms with Gasteiger partial charge < -0.3 is 0 Å². The summed E-state index contributed by atoms with van der Waals surface area (Å²) in [4.78, 5) is 0.395. The van der Waals surface area contributed by atoms with Crippen molar-refractivity contribution in [2.45, 2.75) is 43.2 Å². The molecule has 0 fully saturated rings. The van der Waals surface area contributed by atoms with Crippen molar-refractivity contribution >= 4 is 43.8 Å². The highest BCUT2D eigenvalue weighted by Crippen LogP contribution is 2.41. The maximum Gasteiger partial charge on any atom is 0.295 e. The summed E-state index contributed by atoms with van der Waals surface area (Å²) in [7, 11) is -9.31. The third-order valence-electron chi connectivity index (χ3n) is 4.06. The van der Waals surface area contributed by atoms with Gasteiger partial charge in [0.15, 0.2) is 0 Å². The van der Waals surface area contributed by atoms with E-state index in [1.807, 2.05) is 38.1 Å². The molecule has 6 nitrogen and oxygen atoms in total. The lowest BCUT2D eigenvalue weighted by atomic mass is 10.2. The van der Waals surface area contributed by atoms with Crippen molar-refractivity contribution in [1.29, 1.82) is 0 Å². The Balaban J connectivity index is 2.17. The molecule has 0 heterocycles. The van der Waals surface area contributed by atoms with Crippen molar-refractivity contribution in [3.05, 3.63) is 71.8 Å². The van der Waals surface area contributed by atoms with E-state index in [1.165, 1.54) is 0 Å². The molecule has 0 aliphatic rings. The van der Waals surface area contributed by atoms with Crippen LogP contribution in [-0.2, 0) is 20.2 Å². The number of hydrogen-bond donors (Lipinski definition) is 2. The molecule has 0 unspecified atom stereocenters. The van der Waals surface area contributed by atoms with Crippen molar-refractivity contribution in [3.63, 3.8) is 0 Å². The van der Waals surface area contributed by atoms with E-state index < -0.39 is 30.0 Å². The van der Waals surface area contributed by atoms with Crippen LogP contribution in [0, 0.1) is 13.8 Å². The predicted octanol–water partition coefficient (Wildman–Crippen LogP) is 5.10. The Morgan fingerprint density at radius 2 is 0.900 bits per heavy atom. The Hall–Kier alpha value is -1.82. The van der Waals surface area contributed by atoms with E-state index in [9.17, 15) is 25.9 Å². The molecule has 0 saturated heterocycles. The molecule has 0 amide bonds. The van der Waals surface area contributed by atoms with Gasteiger partial charge >= 0.3 is 0 Å². The summed E-state index contributed by atoms with van der Waals surface area (Å²) in [5.41, 5.74) is 2.00. The Morgan fingerprint density at radius 3 is 1.17 bits per heavy atom. The van der Waals surface area contributed by atoms with Gasteiger partial charge in [-0.3, -0.25) is 9.11 Å². The predicted molar refractivity (Wildman–Crippen MR) is 117 cm³/mol. The smallest absolute Gasteiger partial charge is 0.282 e. The molecule has 0 aliphatic carbocycles. The third-order valence-corrected chi connectivity index (χ3v) is 8.24. The Bertz CT molecular complexity index is 1180. The van der Waals surface area contributed by atoms with Gasteiger partial charge in [-0.1, -0.05) is 58.9 Å². The number of aryl methyl sites for hydroxylation is 2. The van der Waals surface area contributed by atoms with Crippen LogP contribution in [0.4, 0.5) is 0 Å². The van der Waals surface area contributed by atoms with Crippen molar-refractivity contribution < 1.29 is 25.9 Å². The topological polar surface area (TPSA) is 109 Å². The summed E-state index contributed by atoms with van der Waals surface area (Å²) < 4.78 is 67.6. The second-order valence-electron chi connectivity index (χ2n) is 6.53. The van der Waals surface area contributed by atoms with Crippen LogP contribution in [0.2, 0.25) is 0 Å². The van der Waals surface area contributed by atoms with Gasteiger partial charge in [0.05, 0.1) is 0 Å². The van der Waals surface area contributed by atoms with Crippen LogP contribution in [0.15, 0.2) is 90.0 Å². The van der Waals surface area contributed by atoms with Gasteiger partial charge in [0.25, 0.3) is 20.2 Å². The fourth-order valence-corrected chi connectivity index (χ4v) is 6.47. The first kappa shape index (κ1) is 22.9. The van der Waals surface area contributed by atoms with Gasteiger partial charge in [0, 0.05) is 19.6 Å². The molecule has 0 aromatic heterocycles. The molecule has 0 bridgehead atoms. The number of rotatable bonds is 6. The molecular formula is C20H18O6S4. The SMILES string of the molecule is Cc1ccc(Sc2cc(S(=O)(=O)O)c(Sc3ccc(C)cc3)cc2S(=O)(=O)O)cc1. The van der Waals surface area contributed by atoms with Crippen molar-refractivity contribution in [1.82, 2.24) is 0 Å². The van der Waals surface area contributed by atoms with Gasteiger partial charge in [0.1, 0.15) is 9.79 Å². The second-order valence-corrected chi connectivity index (χ2v) is 11.5. The standard InChI is InChI=1S/C20H18O6S4/c1-13-3-7-15(8-4-13)27-17-11-20(30(24,25)26)18(12-19(17)29(21,22)23)28-16-9-5-14(2)6-10-16/h3-12H,1-2H3,(H,21,22,23)(H,24,25,26). The van der Waals surface area contributed by atoms with Gasteiger partial charge in [-0.05, 0) is 50.2 Å². The highest BCUT2D eigenvalue weighted by molar-refractivity contribution is 8.00. The molecule has 0 spiro atoms. The Labute approximate surface area is 184 Å². The zero-order chi connectivity index (χ0) is 22.1. The summed E-state index contributed by atoms with van der Waals surface area (Å²) >= 11 is 1.95.